The molecule has 0 aliphatic heterocycles. The number of aliphatic carboxylic acids is 1. The number of benzene rings is 2. The highest BCUT2D eigenvalue weighted by Crippen LogP contribution is 2.44. The number of nitrogens with one attached hydrogen (secondary N) is 2. The van der Waals surface area contributed by atoms with Gasteiger partial charge in [0.1, 0.15) is 18.2 Å². The van der Waals surface area contributed by atoms with Gasteiger partial charge in [0, 0.05) is 5.92 Å². The number of hydrogen-bond donors (Lipinski definition) is 3. The van der Waals surface area contributed by atoms with Crippen LogP contribution in [0.2, 0.25) is 0 Å². The molecular weight excluding hydrogens is 420 g/mol. The number of carboxylic acids is 1. The van der Waals surface area contributed by atoms with E-state index >= 15 is 0 Å². The van der Waals surface area contributed by atoms with Crippen molar-refractivity contribution >= 4 is 18.0 Å². The molecule has 33 heavy (non-hydrogen) atoms. The van der Waals surface area contributed by atoms with E-state index in [4.69, 9.17) is 4.74 Å². The molecule has 5 rings (SSSR count). The Hall–Kier alpha value is -3.35. The number of amides is 2. The predicted molar refractivity (Wildman–Crippen MR) is 122 cm³/mol. The molecule has 0 spiro atoms. The Bertz CT molecular complexity index is 1040. The first-order valence-corrected chi connectivity index (χ1v) is 11.6. The maximum atomic E-state index is 12.9. The molecule has 2 amide bonds. The van der Waals surface area contributed by atoms with Crippen molar-refractivity contribution in [3.63, 3.8) is 0 Å². The molecular formula is C26H28N2O5. The summed E-state index contributed by atoms with van der Waals surface area (Å²) in [6.07, 6.45) is 3.45. The zero-order valence-electron chi connectivity index (χ0n) is 18.4. The van der Waals surface area contributed by atoms with Crippen molar-refractivity contribution in [2.75, 3.05) is 6.61 Å². The number of carbonyl (C=O) groups is 3. The lowest BCUT2D eigenvalue weighted by molar-refractivity contribution is -0.152. The summed E-state index contributed by atoms with van der Waals surface area (Å²) >= 11 is 0. The largest absolute Gasteiger partial charge is 0.480 e. The number of rotatable bonds is 8. The topological polar surface area (TPSA) is 105 Å². The summed E-state index contributed by atoms with van der Waals surface area (Å²) in [5.74, 6) is -1.16. The van der Waals surface area contributed by atoms with Gasteiger partial charge in [0.15, 0.2) is 0 Å². The van der Waals surface area contributed by atoms with E-state index in [0.717, 1.165) is 41.5 Å². The molecule has 2 fully saturated rings. The number of fused-ring (bicyclic) bond motifs is 3. The van der Waals surface area contributed by atoms with E-state index in [9.17, 15) is 19.5 Å². The third-order valence-corrected chi connectivity index (χ3v) is 7.20. The van der Waals surface area contributed by atoms with Crippen LogP contribution in [0.25, 0.3) is 11.1 Å². The highest BCUT2D eigenvalue weighted by Gasteiger charge is 2.47. The van der Waals surface area contributed by atoms with Gasteiger partial charge < -0.3 is 20.5 Å². The molecule has 3 aliphatic rings. The summed E-state index contributed by atoms with van der Waals surface area (Å²) in [5.41, 5.74) is 3.32. The van der Waals surface area contributed by atoms with Crippen molar-refractivity contribution in [2.45, 2.75) is 56.0 Å². The van der Waals surface area contributed by atoms with E-state index in [1.165, 1.54) is 0 Å². The molecule has 2 aromatic rings. The number of carboxylic acid groups (broad SMARTS) is 1. The lowest BCUT2D eigenvalue weighted by atomic mass is 9.76. The first kappa shape index (κ1) is 21.5. The normalized spacial score (nSPS) is 18.9. The molecule has 2 aromatic carbocycles. The van der Waals surface area contributed by atoms with Crippen LogP contribution in [0.1, 0.15) is 55.6 Å². The predicted octanol–water partition coefficient (Wildman–Crippen LogP) is 3.82. The minimum Gasteiger partial charge on any atom is -0.480 e. The average Bonchev–Trinajstić information content (AvgIpc) is 3.54. The van der Waals surface area contributed by atoms with Crippen molar-refractivity contribution in [1.29, 1.82) is 0 Å². The van der Waals surface area contributed by atoms with Gasteiger partial charge in [-0.05, 0) is 53.9 Å². The number of alkyl carbamates (subject to hydrolysis) is 1. The Balaban J connectivity index is 1.24. The Morgan fingerprint density at radius 2 is 1.61 bits per heavy atom. The fourth-order valence-corrected chi connectivity index (χ4v) is 4.95. The van der Waals surface area contributed by atoms with Crippen LogP contribution < -0.4 is 10.6 Å². The molecule has 0 bridgehead atoms. The van der Waals surface area contributed by atoms with E-state index in [1.807, 2.05) is 24.3 Å². The maximum absolute atomic E-state index is 12.9. The molecule has 0 saturated heterocycles. The van der Waals surface area contributed by atoms with Crippen LogP contribution in [-0.2, 0) is 14.3 Å². The molecule has 0 aromatic heterocycles. The van der Waals surface area contributed by atoms with Crippen molar-refractivity contribution in [3.8, 4) is 11.1 Å². The average molecular weight is 449 g/mol. The second kappa shape index (κ2) is 8.54. The van der Waals surface area contributed by atoms with Crippen molar-refractivity contribution in [3.05, 3.63) is 59.7 Å². The minimum atomic E-state index is -1.21. The third-order valence-electron chi connectivity index (χ3n) is 7.20. The zero-order valence-corrected chi connectivity index (χ0v) is 18.4. The summed E-state index contributed by atoms with van der Waals surface area (Å²) in [6, 6.07) is 15.4. The van der Waals surface area contributed by atoms with Gasteiger partial charge in [0.2, 0.25) is 5.91 Å². The molecule has 0 heterocycles. The summed E-state index contributed by atoms with van der Waals surface area (Å²) in [5, 5.41) is 14.9. The van der Waals surface area contributed by atoms with Gasteiger partial charge in [-0.2, -0.15) is 0 Å². The van der Waals surface area contributed by atoms with E-state index in [1.54, 1.807) is 0 Å². The highest BCUT2D eigenvalue weighted by atomic mass is 16.5. The molecule has 172 valence electrons. The van der Waals surface area contributed by atoms with Crippen LogP contribution in [0.5, 0.6) is 0 Å². The SMILES string of the molecule is O=C(N[C@@H](CC1CC1)C(=O)NC1(C(=O)O)CCC1)OCC1c2ccccc2-c2ccccc21. The maximum Gasteiger partial charge on any atom is 0.407 e. The Morgan fingerprint density at radius 3 is 2.12 bits per heavy atom. The summed E-state index contributed by atoms with van der Waals surface area (Å²) in [6.45, 7) is 0.163. The van der Waals surface area contributed by atoms with E-state index in [-0.39, 0.29) is 12.5 Å². The first-order valence-electron chi connectivity index (χ1n) is 11.6. The van der Waals surface area contributed by atoms with E-state index in [2.05, 4.69) is 34.9 Å². The van der Waals surface area contributed by atoms with E-state index < -0.39 is 29.6 Å². The molecule has 3 N–H and O–H groups in total. The fourth-order valence-electron chi connectivity index (χ4n) is 4.95. The van der Waals surface area contributed by atoms with Crippen LogP contribution in [0, 0.1) is 5.92 Å². The van der Waals surface area contributed by atoms with Gasteiger partial charge in [0.25, 0.3) is 0 Å². The molecule has 7 nitrogen and oxygen atoms in total. The molecule has 1 atom stereocenters. The Labute approximate surface area is 192 Å². The summed E-state index contributed by atoms with van der Waals surface area (Å²) < 4.78 is 5.59. The second-order valence-corrected chi connectivity index (χ2v) is 9.43. The first-order chi connectivity index (χ1) is 16.0. The van der Waals surface area contributed by atoms with Gasteiger partial charge in [-0.15, -0.1) is 0 Å². The third kappa shape index (κ3) is 4.19. The monoisotopic (exact) mass is 448 g/mol. The van der Waals surface area contributed by atoms with Crippen molar-refractivity contribution in [2.24, 2.45) is 5.92 Å². The van der Waals surface area contributed by atoms with Crippen LogP contribution in [0.15, 0.2) is 48.5 Å². The van der Waals surface area contributed by atoms with Crippen LogP contribution >= 0.6 is 0 Å². The lowest BCUT2D eigenvalue weighted by Crippen LogP contribution is -2.62. The van der Waals surface area contributed by atoms with Crippen LogP contribution in [-0.4, -0.2) is 41.3 Å². The Kier molecular flexibility index (Phi) is 5.56. The highest BCUT2D eigenvalue weighted by molar-refractivity contribution is 5.92. The van der Waals surface area contributed by atoms with Gasteiger partial charge in [-0.3, -0.25) is 4.79 Å². The summed E-state index contributed by atoms with van der Waals surface area (Å²) in [7, 11) is 0. The molecule has 3 aliphatic carbocycles. The van der Waals surface area contributed by atoms with Gasteiger partial charge >= 0.3 is 12.1 Å². The quantitative estimate of drug-likeness (QED) is 0.570. The molecule has 0 radical (unpaired) electrons. The molecule has 2 saturated carbocycles. The standard InChI is InChI=1S/C26H28N2O5/c29-23(28-26(24(30)31)12-5-13-26)22(14-16-10-11-16)27-25(32)33-15-21-19-8-3-1-6-17(19)18-7-2-4-9-20(18)21/h1-4,6-9,16,21-22H,5,10-15H2,(H,27,32)(H,28,29)(H,30,31)/t22-/m0/s1. The van der Waals surface area contributed by atoms with Gasteiger partial charge in [0.05, 0.1) is 0 Å². The Morgan fingerprint density at radius 1 is 1.00 bits per heavy atom. The lowest BCUT2D eigenvalue weighted by Gasteiger charge is -2.39. The van der Waals surface area contributed by atoms with Crippen molar-refractivity contribution in [1.82, 2.24) is 10.6 Å². The molecule has 7 heteroatoms. The zero-order chi connectivity index (χ0) is 23.0. The van der Waals surface area contributed by atoms with Gasteiger partial charge in [-0.25, -0.2) is 9.59 Å². The smallest absolute Gasteiger partial charge is 0.407 e. The molecule has 0 unspecified atom stereocenters. The van der Waals surface area contributed by atoms with Crippen molar-refractivity contribution < 1.29 is 24.2 Å². The number of carbonyl (C=O) groups excluding carboxylic acids is 2. The van der Waals surface area contributed by atoms with E-state index in [0.29, 0.717) is 25.2 Å². The number of ether oxygens (including phenoxy) is 1. The number of hydrogen-bond acceptors (Lipinski definition) is 4. The summed E-state index contributed by atoms with van der Waals surface area (Å²) in [4.78, 5) is 37.2. The van der Waals surface area contributed by atoms with Gasteiger partial charge in [-0.1, -0.05) is 61.4 Å². The fraction of sp³-hybridized carbons (Fsp3) is 0.423. The van der Waals surface area contributed by atoms with Crippen LogP contribution in [0.4, 0.5) is 4.79 Å². The van der Waals surface area contributed by atoms with Crippen LogP contribution in [0.3, 0.4) is 0 Å². The second-order valence-electron chi connectivity index (χ2n) is 9.43. The minimum absolute atomic E-state index is 0.0656.